The minimum atomic E-state index is 0.0961. The smallest absolute Gasteiger partial charge is 0.137 e. The maximum Gasteiger partial charge on any atom is 0.137 e. The van der Waals surface area contributed by atoms with Crippen molar-refractivity contribution in [2.24, 2.45) is 11.1 Å². The first-order chi connectivity index (χ1) is 7.44. The number of rotatable bonds is 5. The first kappa shape index (κ1) is 13.6. The van der Waals surface area contributed by atoms with Crippen molar-refractivity contribution in [3.8, 4) is 5.75 Å². The fourth-order valence-corrected chi connectivity index (χ4v) is 1.59. The van der Waals surface area contributed by atoms with Gasteiger partial charge in [0, 0.05) is 5.02 Å². The Kier molecular flexibility index (Phi) is 4.90. The quantitative estimate of drug-likeness (QED) is 0.877. The van der Waals surface area contributed by atoms with Gasteiger partial charge in [-0.1, -0.05) is 37.0 Å². The van der Waals surface area contributed by atoms with Crippen molar-refractivity contribution in [3.63, 3.8) is 0 Å². The molecule has 16 heavy (non-hydrogen) atoms. The van der Waals surface area contributed by atoms with E-state index in [1.165, 1.54) is 0 Å². The highest BCUT2D eigenvalue weighted by Crippen LogP contribution is 2.28. The summed E-state index contributed by atoms with van der Waals surface area (Å²) in [5, 5.41) is 1.15. The minimum absolute atomic E-state index is 0.0961. The fraction of sp³-hybridized carbons (Fsp3) is 0.500. The monoisotopic (exact) mass is 261 g/mol. The van der Waals surface area contributed by atoms with Gasteiger partial charge in [-0.05, 0) is 36.6 Å². The number of halogens is 2. The molecule has 2 N–H and O–H groups in total. The van der Waals surface area contributed by atoms with E-state index in [0.717, 1.165) is 6.42 Å². The van der Waals surface area contributed by atoms with Crippen molar-refractivity contribution in [1.82, 2.24) is 0 Å². The molecule has 0 aliphatic heterocycles. The Morgan fingerprint density at radius 2 is 2.00 bits per heavy atom. The van der Waals surface area contributed by atoms with E-state index in [9.17, 15) is 0 Å². The SMILES string of the molecule is CC(C)(CN)CCOc1ccc(Cl)cc1Cl. The minimum Gasteiger partial charge on any atom is -0.492 e. The predicted molar refractivity (Wildman–Crippen MR) is 69.4 cm³/mol. The summed E-state index contributed by atoms with van der Waals surface area (Å²) < 4.78 is 5.58. The van der Waals surface area contributed by atoms with E-state index in [4.69, 9.17) is 33.7 Å². The summed E-state index contributed by atoms with van der Waals surface area (Å²) in [6.07, 6.45) is 0.891. The first-order valence-electron chi connectivity index (χ1n) is 5.22. The van der Waals surface area contributed by atoms with Gasteiger partial charge in [0.2, 0.25) is 0 Å². The van der Waals surface area contributed by atoms with Gasteiger partial charge in [0.05, 0.1) is 11.6 Å². The van der Waals surface area contributed by atoms with E-state index in [1.54, 1.807) is 18.2 Å². The van der Waals surface area contributed by atoms with Crippen LogP contribution in [0.2, 0.25) is 10.0 Å². The standard InChI is InChI=1S/C12H17Cl2NO/c1-12(2,8-15)5-6-16-11-4-3-9(13)7-10(11)14/h3-4,7H,5-6,8,15H2,1-2H3. The molecular weight excluding hydrogens is 245 g/mol. The van der Waals surface area contributed by atoms with E-state index in [-0.39, 0.29) is 5.41 Å². The Morgan fingerprint density at radius 1 is 1.31 bits per heavy atom. The summed E-state index contributed by atoms with van der Waals surface area (Å²) >= 11 is 11.8. The highest BCUT2D eigenvalue weighted by Gasteiger charge is 2.15. The molecule has 4 heteroatoms. The third-order valence-corrected chi connectivity index (χ3v) is 3.01. The van der Waals surface area contributed by atoms with E-state index in [1.807, 2.05) is 0 Å². The first-order valence-corrected chi connectivity index (χ1v) is 5.98. The lowest BCUT2D eigenvalue weighted by Crippen LogP contribution is -2.25. The van der Waals surface area contributed by atoms with Gasteiger partial charge in [0.15, 0.2) is 0 Å². The topological polar surface area (TPSA) is 35.2 Å². The lowest BCUT2D eigenvalue weighted by Gasteiger charge is -2.22. The van der Waals surface area contributed by atoms with Crippen LogP contribution in [-0.4, -0.2) is 13.2 Å². The van der Waals surface area contributed by atoms with Crippen LogP contribution in [0.4, 0.5) is 0 Å². The van der Waals surface area contributed by atoms with Crippen LogP contribution in [0.25, 0.3) is 0 Å². The molecule has 0 atom stereocenters. The molecule has 0 aliphatic rings. The molecule has 0 heterocycles. The summed E-state index contributed by atoms with van der Waals surface area (Å²) in [4.78, 5) is 0. The van der Waals surface area contributed by atoms with Gasteiger partial charge in [-0.25, -0.2) is 0 Å². The van der Waals surface area contributed by atoms with Crippen molar-refractivity contribution in [2.45, 2.75) is 20.3 Å². The van der Waals surface area contributed by atoms with Crippen LogP contribution in [0.5, 0.6) is 5.75 Å². The van der Waals surface area contributed by atoms with Crippen LogP contribution in [-0.2, 0) is 0 Å². The fourth-order valence-electron chi connectivity index (χ4n) is 1.13. The third-order valence-electron chi connectivity index (χ3n) is 2.48. The largest absolute Gasteiger partial charge is 0.492 e. The summed E-state index contributed by atoms with van der Waals surface area (Å²) in [6, 6.07) is 5.21. The predicted octanol–water partition coefficient (Wildman–Crippen LogP) is 3.75. The van der Waals surface area contributed by atoms with Crippen LogP contribution < -0.4 is 10.5 Å². The van der Waals surface area contributed by atoms with Gasteiger partial charge >= 0.3 is 0 Å². The van der Waals surface area contributed by atoms with Crippen molar-refractivity contribution >= 4 is 23.2 Å². The Balaban J connectivity index is 2.49. The molecule has 0 saturated heterocycles. The molecule has 0 aromatic heterocycles. The summed E-state index contributed by atoms with van der Waals surface area (Å²) in [5.74, 6) is 0.666. The molecule has 0 aliphatic carbocycles. The maximum atomic E-state index is 5.98. The zero-order valence-corrected chi connectivity index (χ0v) is 11.1. The second-order valence-electron chi connectivity index (χ2n) is 4.54. The van der Waals surface area contributed by atoms with Gasteiger partial charge < -0.3 is 10.5 Å². The van der Waals surface area contributed by atoms with E-state index >= 15 is 0 Å². The second kappa shape index (κ2) is 5.76. The normalized spacial score (nSPS) is 11.6. The Morgan fingerprint density at radius 3 is 2.56 bits per heavy atom. The third kappa shape index (κ3) is 4.20. The Bertz CT molecular complexity index is 353. The summed E-state index contributed by atoms with van der Waals surface area (Å²) in [7, 11) is 0. The van der Waals surface area contributed by atoms with Gasteiger partial charge in [0.25, 0.3) is 0 Å². The van der Waals surface area contributed by atoms with Gasteiger partial charge in [-0.15, -0.1) is 0 Å². The zero-order valence-electron chi connectivity index (χ0n) is 9.59. The van der Waals surface area contributed by atoms with E-state index < -0.39 is 0 Å². The number of hydrogen-bond acceptors (Lipinski definition) is 2. The molecule has 0 saturated carbocycles. The van der Waals surface area contributed by atoms with E-state index in [2.05, 4.69) is 13.8 Å². The van der Waals surface area contributed by atoms with Crippen molar-refractivity contribution in [1.29, 1.82) is 0 Å². The highest BCUT2D eigenvalue weighted by molar-refractivity contribution is 6.35. The Hall–Kier alpha value is -0.440. The Labute approximate surface area is 107 Å². The molecule has 90 valence electrons. The lowest BCUT2D eigenvalue weighted by molar-refractivity contribution is 0.233. The molecule has 0 spiro atoms. The zero-order chi connectivity index (χ0) is 12.2. The number of ether oxygens (including phenoxy) is 1. The molecular formula is C12H17Cl2NO. The number of benzene rings is 1. The molecule has 0 amide bonds. The average Bonchev–Trinajstić information content (AvgIpc) is 2.21. The van der Waals surface area contributed by atoms with Crippen molar-refractivity contribution < 1.29 is 4.74 Å². The molecule has 0 radical (unpaired) electrons. The van der Waals surface area contributed by atoms with Gasteiger partial charge in [0.1, 0.15) is 5.75 Å². The average molecular weight is 262 g/mol. The summed E-state index contributed by atoms with van der Waals surface area (Å²) in [5.41, 5.74) is 5.73. The molecule has 1 rings (SSSR count). The van der Waals surface area contributed by atoms with Crippen LogP contribution in [0.15, 0.2) is 18.2 Å². The molecule has 1 aromatic rings. The maximum absolute atomic E-state index is 5.98. The number of hydrogen-bond donors (Lipinski definition) is 1. The molecule has 0 fully saturated rings. The lowest BCUT2D eigenvalue weighted by atomic mass is 9.90. The van der Waals surface area contributed by atoms with Gasteiger partial charge in [-0.3, -0.25) is 0 Å². The molecule has 1 aromatic carbocycles. The molecule has 0 unspecified atom stereocenters. The van der Waals surface area contributed by atoms with Crippen LogP contribution in [0.1, 0.15) is 20.3 Å². The van der Waals surface area contributed by atoms with Crippen molar-refractivity contribution in [3.05, 3.63) is 28.2 Å². The van der Waals surface area contributed by atoms with Gasteiger partial charge in [-0.2, -0.15) is 0 Å². The summed E-state index contributed by atoms with van der Waals surface area (Å²) in [6.45, 7) is 5.47. The van der Waals surface area contributed by atoms with E-state index in [0.29, 0.717) is 28.9 Å². The van der Waals surface area contributed by atoms with Crippen LogP contribution in [0, 0.1) is 5.41 Å². The van der Waals surface area contributed by atoms with Crippen LogP contribution in [0.3, 0.4) is 0 Å². The molecule has 2 nitrogen and oxygen atoms in total. The number of nitrogens with two attached hydrogens (primary N) is 1. The van der Waals surface area contributed by atoms with Crippen LogP contribution >= 0.6 is 23.2 Å². The van der Waals surface area contributed by atoms with Crippen molar-refractivity contribution in [2.75, 3.05) is 13.2 Å². The second-order valence-corrected chi connectivity index (χ2v) is 5.39. The molecule has 0 bridgehead atoms. The highest BCUT2D eigenvalue weighted by atomic mass is 35.5.